The Morgan fingerprint density at radius 1 is 1.17 bits per heavy atom. The smallest absolute Gasteiger partial charge is 0.323 e. The highest BCUT2D eigenvalue weighted by Gasteiger charge is 2.30. The van der Waals surface area contributed by atoms with Gasteiger partial charge in [0.05, 0.1) is 13.2 Å². The van der Waals surface area contributed by atoms with Gasteiger partial charge in [0.15, 0.2) is 0 Å². The van der Waals surface area contributed by atoms with Crippen LogP contribution in [0.1, 0.15) is 40.0 Å². The topological polar surface area (TPSA) is 67.8 Å². The second-order valence-electron chi connectivity index (χ2n) is 4.43. The number of ether oxygens (including phenoxy) is 2. The number of carboxylic acids is 1. The third kappa shape index (κ3) is 7.63. The first-order chi connectivity index (χ1) is 8.56. The molecule has 0 aromatic carbocycles. The van der Waals surface area contributed by atoms with Gasteiger partial charge in [0, 0.05) is 13.2 Å². The van der Waals surface area contributed by atoms with Gasteiger partial charge in [-0.1, -0.05) is 6.92 Å². The summed E-state index contributed by atoms with van der Waals surface area (Å²) in [5, 5.41) is 12.2. The van der Waals surface area contributed by atoms with Gasteiger partial charge in [0.2, 0.25) is 0 Å². The largest absolute Gasteiger partial charge is 0.480 e. The highest BCUT2D eigenvalue weighted by atomic mass is 16.5. The van der Waals surface area contributed by atoms with Crippen LogP contribution in [0.15, 0.2) is 0 Å². The Labute approximate surface area is 110 Å². The van der Waals surface area contributed by atoms with Crippen LogP contribution in [0, 0.1) is 0 Å². The molecule has 0 saturated carbocycles. The molecule has 0 spiro atoms. The summed E-state index contributed by atoms with van der Waals surface area (Å²) in [7, 11) is 0. The number of carboxylic acid groups (broad SMARTS) is 1. The SMILES string of the molecule is CCNC(C)(CCCCOCCOCC)C(=O)O. The summed E-state index contributed by atoms with van der Waals surface area (Å²) in [5.41, 5.74) is -0.819. The van der Waals surface area contributed by atoms with Crippen LogP contribution in [0.4, 0.5) is 0 Å². The van der Waals surface area contributed by atoms with Gasteiger partial charge in [-0.25, -0.2) is 0 Å². The van der Waals surface area contributed by atoms with E-state index in [9.17, 15) is 4.79 Å². The van der Waals surface area contributed by atoms with Crippen molar-refractivity contribution in [3.8, 4) is 0 Å². The van der Waals surface area contributed by atoms with E-state index in [1.165, 1.54) is 0 Å². The van der Waals surface area contributed by atoms with Crippen LogP contribution in [0.2, 0.25) is 0 Å². The number of aliphatic carboxylic acids is 1. The van der Waals surface area contributed by atoms with E-state index in [4.69, 9.17) is 14.6 Å². The summed E-state index contributed by atoms with van der Waals surface area (Å²) in [6.45, 7) is 8.86. The van der Waals surface area contributed by atoms with Gasteiger partial charge in [0.25, 0.3) is 0 Å². The summed E-state index contributed by atoms with van der Waals surface area (Å²) in [6, 6.07) is 0. The van der Waals surface area contributed by atoms with E-state index >= 15 is 0 Å². The summed E-state index contributed by atoms with van der Waals surface area (Å²) in [6.07, 6.45) is 2.33. The molecule has 0 amide bonds. The maximum absolute atomic E-state index is 11.1. The summed E-state index contributed by atoms with van der Waals surface area (Å²) in [4.78, 5) is 11.1. The average molecular weight is 261 g/mol. The predicted octanol–water partition coefficient (Wildman–Crippen LogP) is 1.66. The quantitative estimate of drug-likeness (QED) is 0.523. The van der Waals surface area contributed by atoms with E-state index < -0.39 is 11.5 Å². The Kier molecular flexibility index (Phi) is 9.92. The second-order valence-corrected chi connectivity index (χ2v) is 4.43. The third-order valence-electron chi connectivity index (χ3n) is 2.83. The van der Waals surface area contributed by atoms with Crippen LogP contribution in [-0.4, -0.2) is 49.6 Å². The summed E-state index contributed by atoms with van der Waals surface area (Å²) in [5.74, 6) is -0.790. The zero-order valence-corrected chi connectivity index (χ0v) is 11.8. The fraction of sp³-hybridized carbons (Fsp3) is 0.923. The van der Waals surface area contributed by atoms with Crippen molar-refractivity contribution in [3.63, 3.8) is 0 Å². The monoisotopic (exact) mass is 261 g/mol. The Bertz CT molecular complexity index is 223. The van der Waals surface area contributed by atoms with Crippen molar-refractivity contribution in [2.75, 3.05) is 33.0 Å². The van der Waals surface area contributed by atoms with E-state index in [2.05, 4.69) is 5.32 Å². The van der Waals surface area contributed by atoms with Crippen molar-refractivity contribution in [3.05, 3.63) is 0 Å². The van der Waals surface area contributed by atoms with Gasteiger partial charge < -0.3 is 19.9 Å². The zero-order valence-electron chi connectivity index (χ0n) is 11.8. The third-order valence-corrected chi connectivity index (χ3v) is 2.83. The van der Waals surface area contributed by atoms with Crippen molar-refractivity contribution < 1.29 is 19.4 Å². The molecule has 0 aliphatic rings. The van der Waals surface area contributed by atoms with Crippen molar-refractivity contribution in [1.82, 2.24) is 5.32 Å². The van der Waals surface area contributed by atoms with Crippen LogP contribution < -0.4 is 5.32 Å². The number of hydrogen-bond donors (Lipinski definition) is 2. The molecule has 1 unspecified atom stereocenters. The molecule has 0 heterocycles. The molecule has 108 valence electrons. The fourth-order valence-corrected chi connectivity index (χ4v) is 1.71. The van der Waals surface area contributed by atoms with Crippen molar-refractivity contribution in [2.45, 2.75) is 45.6 Å². The van der Waals surface area contributed by atoms with E-state index in [1.54, 1.807) is 6.92 Å². The standard InChI is InChI=1S/C13H27NO4/c1-4-14-13(3,12(15)16)8-6-7-9-18-11-10-17-5-2/h14H,4-11H2,1-3H3,(H,15,16). The Balaban J connectivity index is 3.59. The van der Waals surface area contributed by atoms with Crippen LogP contribution in [0.3, 0.4) is 0 Å². The molecule has 0 saturated heterocycles. The minimum Gasteiger partial charge on any atom is -0.480 e. The highest BCUT2D eigenvalue weighted by Crippen LogP contribution is 2.14. The lowest BCUT2D eigenvalue weighted by molar-refractivity contribution is -0.144. The minimum absolute atomic E-state index is 0.608. The molecule has 0 radical (unpaired) electrons. The molecule has 0 bridgehead atoms. The van der Waals surface area contributed by atoms with E-state index in [-0.39, 0.29) is 0 Å². The normalized spacial score (nSPS) is 14.4. The maximum Gasteiger partial charge on any atom is 0.323 e. The molecule has 0 aliphatic carbocycles. The zero-order chi connectivity index (χ0) is 13.9. The first-order valence-corrected chi connectivity index (χ1v) is 6.70. The lowest BCUT2D eigenvalue weighted by Gasteiger charge is -2.25. The van der Waals surface area contributed by atoms with Gasteiger partial charge in [-0.2, -0.15) is 0 Å². The molecule has 0 aromatic heterocycles. The Hall–Kier alpha value is -0.650. The van der Waals surface area contributed by atoms with Gasteiger partial charge in [-0.3, -0.25) is 4.79 Å². The van der Waals surface area contributed by atoms with Gasteiger partial charge >= 0.3 is 5.97 Å². The molecule has 0 rings (SSSR count). The maximum atomic E-state index is 11.1. The first-order valence-electron chi connectivity index (χ1n) is 6.70. The van der Waals surface area contributed by atoms with E-state index in [1.807, 2.05) is 13.8 Å². The Morgan fingerprint density at radius 2 is 1.83 bits per heavy atom. The lowest BCUT2D eigenvalue weighted by atomic mass is 9.95. The Morgan fingerprint density at radius 3 is 2.39 bits per heavy atom. The number of rotatable bonds is 12. The molecule has 0 fully saturated rings. The lowest BCUT2D eigenvalue weighted by Crippen LogP contribution is -2.49. The van der Waals surface area contributed by atoms with Gasteiger partial charge in [-0.15, -0.1) is 0 Å². The van der Waals surface area contributed by atoms with Crippen molar-refractivity contribution in [1.29, 1.82) is 0 Å². The molecule has 5 nitrogen and oxygen atoms in total. The van der Waals surface area contributed by atoms with Gasteiger partial charge in [-0.05, 0) is 39.7 Å². The number of likely N-dealkylation sites (N-methyl/N-ethyl adjacent to an activating group) is 1. The first kappa shape index (κ1) is 17.4. The molecular weight excluding hydrogens is 234 g/mol. The second kappa shape index (κ2) is 10.3. The van der Waals surface area contributed by atoms with Crippen molar-refractivity contribution in [2.24, 2.45) is 0 Å². The van der Waals surface area contributed by atoms with Crippen molar-refractivity contribution >= 4 is 5.97 Å². The molecule has 1 atom stereocenters. The predicted molar refractivity (Wildman–Crippen MR) is 70.9 cm³/mol. The summed E-state index contributed by atoms with van der Waals surface area (Å²) >= 11 is 0. The number of hydrogen-bond acceptors (Lipinski definition) is 4. The van der Waals surface area contributed by atoms with E-state index in [0.717, 1.165) is 12.8 Å². The molecular formula is C13H27NO4. The van der Waals surface area contributed by atoms with E-state index in [0.29, 0.717) is 39.4 Å². The van der Waals surface area contributed by atoms with Crippen LogP contribution in [-0.2, 0) is 14.3 Å². The van der Waals surface area contributed by atoms with Crippen LogP contribution >= 0.6 is 0 Å². The number of unbranched alkanes of at least 4 members (excludes halogenated alkanes) is 1. The fourth-order valence-electron chi connectivity index (χ4n) is 1.71. The molecule has 5 heteroatoms. The van der Waals surface area contributed by atoms with Gasteiger partial charge in [0.1, 0.15) is 5.54 Å². The molecule has 0 aromatic rings. The molecule has 2 N–H and O–H groups in total. The highest BCUT2D eigenvalue weighted by molar-refractivity contribution is 5.78. The minimum atomic E-state index is -0.819. The summed E-state index contributed by atoms with van der Waals surface area (Å²) < 4.78 is 10.5. The molecule has 0 aliphatic heterocycles. The van der Waals surface area contributed by atoms with Crippen LogP contribution in [0.5, 0.6) is 0 Å². The molecule has 18 heavy (non-hydrogen) atoms. The average Bonchev–Trinajstić information content (AvgIpc) is 2.33. The number of nitrogens with one attached hydrogen (secondary N) is 1. The number of carbonyl (C=O) groups is 1. The van der Waals surface area contributed by atoms with Crippen LogP contribution in [0.25, 0.3) is 0 Å².